The van der Waals surface area contributed by atoms with Gasteiger partial charge in [0.25, 0.3) is 0 Å². The van der Waals surface area contributed by atoms with Gasteiger partial charge in [0.2, 0.25) is 5.95 Å². The minimum atomic E-state index is 0.372. The minimum absolute atomic E-state index is 0.372. The highest BCUT2D eigenvalue weighted by atomic mass is 15.3. The summed E-state index contributed by atoms with van der Waals surface area (Å²) in [5.41, 5.74) is 7.33. The van der Waals surface area contributed by atoms with Crippen LogP contribution in [0.5, 0.6) is 0 Å². The molecule has 0 radical (unpaired) electrons. The van der Waals surface area contributed by atoms with Gasteiger partial charge in [0.05, 0.1) is 5.69 Å². The molecule has 2 N–H and O–H groups in total. The van der Waals surface area contributed by atoms with E-state index >= 15 is 0 Å². The Morgan fingerprint density at radius 3 is 2.83 bits per heavy atom. The maximum absolute atomic E-state index is 6.19. The topological polar surface area (TPSA) is 47.1 Å². The molecule has 2 heterocycles. The molecule has 1 saturated heterocycles. The summed E-state index contributed by atoms with van der Waals surface area (Å²) in [4.78, 5) is 7.18. The van der Waals surface area contributed by atoms with Gasteiger partial charge in [-0.25, -0.2) is 4.98 Å². The largest absolute Gasteiger partial charge is 0.342 e. The smallest absolute Gasteiger partial charge is 0.205 e. The van der Waals surface area contributed by atoms with E-state index in [-0.39, 0.29) is 0 Å². The van der Waals surface area contributed by atoms with Crippen molar-refractivity contribution in [2.24, 2.45) is 11.7 Å². The highest BCUT2D eigenvalue weighted by molar-refractivity contribution is 5.36. The van der Waals surface area contributed by atoms with Crippen LogP contribution in [0.2, 0.25) is 0 Å². The van der Waals surface area contributed by atoms with Gasteiger partial charge in [-0.2, -0.15) is 0 Å². The second-order valence-corrected chi connectivity index (χ2v) is 5.89. The first-order chi connectivity index (χ1) is 8.69. The molecule has 1 aliphatic carbocycles. The first-order valence-corrected chi connectivity index (χ1v) is 7.25. The third-order valence-corrected chi connectivity index (χ3v) is 4.37. The van der Waals surface area contributed by atoms with Gasteiger partial charge in [-0.3, -0.25) is 0 Å². The summed E-state index contributed by atoms with van der Waals surface area (Å²) in [5.74, 6) is 1.80. The predicted octanol–water partition coefficient (Wildman–Crippen LogP) is 2.09. The van der Waals surface area contributed by atoms with Gasteiger partial charge in [-0.1, -0.05) is 13.3 Å². The molecule has 2 atom stereocenters. The SMILES string of the molecule is CCC1CN(c2nc(C)cn2C2CC2)CCC1N. The van der Waals surface area contributed by atoms with Crippen LogP contribution in [-0.2, 0) is 0 Å². The van der Waals surface area contributed by atoms with Crippen molar-refractivity contribution < 1.29 is 0 Å². The highest BCUT2D eigenvalue weighted by Crippen LogP contribution is 2.39. The van der Waals surface area contributed by atoms with Crippen LogP contribution < -0.4 is 10.6 Å². The zero-order valence-electron chi connectivity index (χ0n) is 11.5. The molecule has 1 aromatic rings. The Bertz CT molecular complexity index is 421. The number of hydrogen-bond donors (Lipinski definition) is 1. The lowest BCUT2D eigenvalue weighted by atomic mass is 9.91. The summed E-state index contributed by atoms with van der Waals surface area (Å²) in [7, 11) is 0. The number of nitrogens with two attached hydrogens (primary N) is 1. The van der Waals surface area contributed by atoms with Crippen LogP contribution in [-0.4, -0.2) is 28.7 Å². The van der Waals surface area contributed by atoms with Crippen LogP contribution in [0.1, 0.15) is 44.3 Å². The molecule has 0 aromatic carbocycles. The molecule has 3 rings (SSSR count). The van der Waals surface area contributed by atoms with Crippen LogP contribution in [0, 0.1) is 12.8 Å². The number of hydrogen-bond acceptors (Lipinski definition) is 3. The third kappa shape index (κ3) is 2.14. The van der Waals surface area contributed by atoms with Crippen molar-refractivity contribution in [2.45, 2.75) is 51.6 Å². The summed E-state index contributed by atoms with van der Waals surface area (Å²) in [6, 6.07) is 1.08. The van der Waals surface area contributed by atoms with Crippen molar-refractivity contribution in [2.75, 3.05) is 18.0 Å². The quantitative estimate of drug-likeness (QED) is 0.891. The van der Waals surface area contributed by atoms with Gasteiger partial charge < -0.3 is 15.2 Å². The number of anilines is 1. The van der Waals surface area contributed by atoms with Crippen LogP contribution in [0.3, 0.4) is 0 Å². The summed E-state index contributed by atoms with van der Waals surface area (Å²) < 4.78 is 2.39. The van der Waals surface area contributed by atoms with E-state index in [1.165, 1.54) is 25.2 Å². The molecule has 2 aliphatic rings. The average molecular weight is 248 g/mol. The Morgan fingerprint density at radius 2 is 2.17 bits per heavy atom. The summed E-state index contributed by atoms with van der Waals surface area (Å²) in [6.45, 7) is 6.46. The maximum atomic E-state index is 6.19. The van der Waals surface area contributed by atoms with Crippen LogP contribution in [0.4, 0.5) is 5.95 Å². The fourth-order valence-corrected chi connectivity index (χ4v) is 3.02. The first kappa shape index (κ1) is 12.0. The summed E-state index contributed by atoms with van der Waals surface area (Å²) in [6.07, 6.45) is 7.10. The van der Waals surface area contributed by atoms with Gasteiger partial charge >= 0.3 is 0 Å². The van der Waals surface area contributed by atoms with E-state index in [0.717, 1.165) is 25.2 Å². The average Bonchev–Trinajstić information content (AvgIpc) is 3.13. The lowest BCUT2D eigenvalue weighted by Crippen LogP contribution is -2.47. The zero-order chi connectivity index (χ0) is 12.7. The summed E-state index contributed by atoms with van der Waals surface area (Å²) in [5, 5.41) is 0. The molecule has 1 aliphatic heterocycles. The van der Waals surface area contributed by atoms with E-state index < -0.39 is 0 Å². The Balaban J connectivity index is 1.81. The van der Waals surface area contributed by atoms with Crippen LogP contribution in [0.15, 0.2) is 6.20 Å². The Hall–Kier alpha value is -1.03. The van der Waals surface area contributed by atoms with E-state index in [9.17, 15) is 0 Å². The van der Waals surface area contributed by atoms with E-state index in [2.05, 4.69) is 29.5 Å². The van der Waals surface area contributed by atoms with E-state index in [0.29, 0.717) is 18.0 Å². The standard InChI is InChI=1S/C14H24N4/c1-3-11-9-17(7-6-13(11)15)14-16-10(2)8-18(14)12-4-5-12/h8,11-13H,3-7,9,15H2,1-2H3. The number of aromatic nitrogens is 2. The van der Waals surface area contributed by atoms with Gasteiger partial charge in [-0.05, 0) is 32.1 Å². The van der Waals surface area contributed by atoms with Crippen LogP contribution in [0.25, 0.3) is 0 Å². The molecule has 18 heavy (non-hydrogen) atoms. The fourth-order valence-electron chi connectivity index (χ4n) is 3.02. The Kier molecular flexibility index (Phi) is 3.06. The molecule has 100 valence electrons. The number of nitrogens with zero attached hydrogens (tertiary/aromatic N) is 3. The molecule has 0 amide bonds. The highest BCUT2D eigenvalue weighted by Gasteiger charge is 2.31. The molecule has 0 spiro atoms. The van der Waals surface area contributed by atoms with Crippen molar-refractivity contribution in [1.82, 2.24) is 9.55 Å². The van der Waals surface area contributed by atoms with E-state index in [4.69, 9.17) is 10.7 Å². The Labute approximate surface area is 109 Å². The summed E-state index contributed by atoms with van der Waals surface area (Å²) >= 11 is 0. The molecule has 0 bridgehead atoms. The predicted molar refractivity (Wildman–Crippen MR) is 73.8 cm³/mol. The lowest BCUT2D eigenvalue weighted by molar-refractivity contribution is 0.343. The van der Waals surface area contributed by atoms with Crippen molar-refractivity contribution in [3.63, 3.8) is 0 Å². The molecular formula is C14H24N4. The normalized spacial score (nSPS) is 28.7. The molecule has 1 aromatic heterocycles. The van der Waals surface area contributed by atoms with Gasteiger partial charge in [0.1, 0.15) is 0 Å². The van der Waals surface area contributed by atoms with Crippen molar-refractivity contribution >= 4 is 5.95 Å². The van der Waals surface area contributed by atoms with Crippen LogP contribution >= 0.6 is 0 Å². The van der Waals surface area contributed by atoms with Gasteiger partial charge in [-0.15, -0.1) is 0 Å². The molecule has 2 unspecified atom stereocenters. The maximum Gasteiger partial charge on any atom is 0.205 e. The Morgan fingerprint density at radius 1 is 1.39 bits per heavy atom. The third-order valence-electron chi connectivity index (χ3n) is 4.37. The lowest BCUT2D eigenvalue weighted by Gasteiger charge is -2.37. The van der Waals surface area contributed by atoms with Crippen molar-refractivity contribution in [1.29, 1.82) is 0 Å². The van der Waals surface area contributed by atoms with Gasteiger partial charge in [0, 0.05) is 31.4 Å². The molecular weight excluding hydrogens is 224 g/mol. The van der Waals surface area contributed by atoms with Gasteiger partial charge in [0.15, 0.2) is 0 Å². The second kappa shape index (κ2) is 4.57. The fraction of sp³-hybridized carbons (Fsp3) is 0.786. The number of rotatable bonds is 3. The molecule has 2 fully saturated rings. The monoisotopic (exact) mass is 248 g/mol. The minimum Gasteiger partial charge on any atom is -0.342 e. The van der Waals surface area contributed by atoms with E-state index in [1.807, 2.05) is 0 Å². The number of aryl methyl sites for hydroxylation is 1. The van der Waals surface area contributed by atoms with E-state index in [1.54, 1.807) is 0 Å². The second-order valence-electron chi connectivity index (χ2n) is 5.89. The zero-order valence-corrected chi connectivity index (χ0v) is 11.5. The number of imidazole rings is 1. The first-order valence-electron chi connectivity index (χ1n) is 7.25. The van der Waals surface area contributed by atoms with Crippen molar-refractivity contribution in [3.8, 4) is 0 Å². The molecule has 1 saturated carbocycles. The molecule has 4 nitrogen and oxygen atoms in total. The molecule has 4 heteroatoms. The van der Waals surface area contributed by atoms with Crippen molar-refractivity contribution in [3.05, 3.63) is 11.9 Å². The number of piperidine rings is 1.